The van der Waals surface area contributed by atoms with E-state index >= 15 is 0 Å². The van der Waals surface area contributed by atoms with Crippen molar-refractivity contribution in [2.45, 2.75) is 39.2 Å². The molecule has 0 radical (unpaired) electrons. The van der Waals surface area contributed by atoms with Crippen LogP contribution in [0.2, 0.25) is 0 Å². The fourth-order valence-electron chi connectivity index (χ4n) is 3.18. The van der Waals surface area contributed by atoms with Gasteiger partial charge in [0, 0.05) is 18.0 Å². The molecule has 0 bridgehead atoms. The van der Waals surface area contributed by atoms with Crippen molar-refractivity contribution < 1.29 is 4.79 Å². The smallest absolute Gasteiger partial charge is 0.223 e. The quantitative estimate of drug-likeness (QED) is 0.944. The van der Waals surface area contributed by atoms with E-state index in [1.165, 1.54) is 5.56 Å². The molecule has 5 heteroatoms. The van der Waals surface area contributed by atoms with Crippen LogP contribution in [-0.4, -0.2) is 27.4 Å². The van der Waals surface area contributed by atoms with Crippen LogP contribution in [-0.2, 0) is 4.79 Å². The summed E-state index contributed by atoms with van der Waals surface area (Å²) < 4.78 is 1.99. The maximum atomic E-state index is 12.0. The Labute approximate surface area is 130 Å². The van der Waals surface area contributed by atoms with E-state index in [9.17, 15) is 4.79 Å². The Morgan fingerprint density at radius 2 is 2.09 bits per heavy atom. The topological polar surface area (TPSA) is 59.8 Å². The van der Waals surface area contributed by atoms with Crippen LogP contribution in [0.3, 0.4) is 0 Å². The molecule has 0 saturated heterocycles. The molecular weight excluding hydrogens is 276 g/mol. The van der Waals surface area contributed by atoms with Crippen LogP contribution in [0.4, 0.5) is 0 Å². The number of nitrogens with one attached hydrogen (secondary N) is 1. The van der Waals surface area contributed by atoms with Crippen molar-refractivity contribution >= 4 is 5.91 Å². The molecule has 1 aromatic carbocycles. The third-order valence-corrected chi connectivity index (χ3v) is 4.39. The number of hydrogen-bond acceptors (Lipinski definition) is 3. The highest BCUT2D eigenvalue weighted by Crippen LogP contribution is 2.36. The monoisotopic (exact) mass is 298 g/mol. The Kier molecular flexibility index (Phi) is 4.22. The fraction of sp³-hybridized carbons (Fsp3) is 0.471. The largest absolute Gasteiger partial charge is 0.356 e. The standard InChI is InChI=1S/C17H22N4O/c1-3-18-17(22)14-8-9-15(10-14)21-16(11-19-20-21)13-6-4-12(2)5-7-13/h4-7,11,14-15H,3,8-10H2,1-2H3,(H,18,22)/t14-,15+/m0/s1. The predicted octanol–water partition coefficient (Wildman–Crippen LogP) is 2.73. The molecule has 1 aliphatic rings. The Hall–Kier alpha value is -2.17. The van der Waals surface area contributed by atoms with Crippen molar-refractivity contribution in [2.24, 2.45) is 5.92 Å². The van der Waals surface area contributed by atoms with E-state index in [1.54, 1.807) is 0 Å². The Bertz CT molecular complexity index is 647. The first kappa shape index (κ1) is 14.8. The van der Waals surface area contributed by atoms with Gasteiger partial charge in [0.25, 0.3) is 0 Å². The number of benzene rings is 1. The molecule has 1 amide bonds. The summed E-state index contributed by atoms with van der Waals surface area (Å²) in [6.07, 6.45) is 4.55. The Morgan fingerprint density at radius 1 is 1.32 bits per heavy atom. The minimum absolute atomic E-state index is 0.0972. The van der Waals surface area contributed by atoms with Crippen molar-refractivity contribution in [3.05, 3.63) is 36.0 Å². The number of aromatic nitrogens is 3. The minimum atomic E-state index is 0.0972. The third kappa shape index (κ3) is 2.89. The summed E-state index contributed by atoms with van der Waals surface area (Å²) in [5.74, 6) is 0.266. The van der Waals surface area contributed by atoms with Crippen LogP contribution in [0.25, 0.3) is 11.3 Å². The van der Waals surface area contributed by atoms with E-state index in [-0.39, 0.29) is 17.9 Å². The SMILES string of the molecule is CCNC(=O)[C@H]1CC[C@@H](n2nncc2-c2ccc(C)cc2)C1. The maximum absolute atomic E-state index is 12.0. The fourth-order valence-corrected chi connectivity index (χ4v) is 3.18. The number of hydrogen-bond donors (Lipinski definition) is 1. The van der Waals surface area contributed by atoms with Gasteiger partial charge in [-0.05, 0) is 33.1 Å². The summed E-state index contributed by atoms with van der Waals surface area (Å²) >= 11 is 0. The molecule has 1 heterocycles. The summed E-state index contributed by atoms with van der Waals surface area (Å²) in [5, 5.41) is 11.3. The van der Waals surface area contributed by atoms with Crippen molar-refractivity contribution in [1.82, 2.24) is 20.3 Å². The zero-order valence-electron chi connectivity index (χ0n) is 13.1. The lowest BCUT2D eigenvalue weighted by Crippen LogP contribution is -2.29. The minimum Gasteiger partial charge on any atom is -0.356 e. The van der Waals surface area contributed by atoms with Crippen molar-refractivity contribution in [2.75, 3.05) is 6.54 Å². The summed E-state index contributed by atoms with van der Waals surface area (Å²) in [7, 11) is 0. The van der Waals surface area contributed by atoms with E-state index in [2.05, 4.69) is 46.8 Å². The van der Waals surface area contributed by atoms with Gasteiger partial charge in [0.15, 0.2) is 0 Å². The molecule has 1 fully saturated rings. The third-order valence-electron chi connectivity index (χ3n) is 4.39. The molecule has 1 aromatic heterocycles. The molecule has 0 unspecified atom stereocenters. The molecule has 1 aliphatic carbocycles. The zero-order chi connectivity index (χ0) is 15.5. The lowest BCUT2D eigenvalue weighted by atomic mass is 10.1. The molecule has 0 spiro atoms. The van der Waals surface area contributed by atoms with Crippen LogP contribution in [0.15, 0.2) is 30.5 Å². The molecule has 2 aromatic rings. The van der Waals surface area contributed by atoms with E-state index in [0.717, 1.165) is 30.5 Å². The summed E-state index contributed by atoms with van der Waals surface area (Å²) in [6.45, 7) is 4.72. The van der Waals surface area contributed by atoms with Crippen molar-refractivity contribution in [3.8, 4) is 11.3 Å². The van der Waals surface area contributed by atoms with Gasteiger partial charge in [-0.3, -0.25) is 4.79 Å². The average Bonchev–Trinajstić information content (AvgIpc) is 3.17. The second kappa shape index (κ2) is 6.30. The van der Waals surface area contributed by atoms with E-state index < -0.39 is 0 Å². The molecule has 1 saturated carbocycles. The molecule has 2 atom stereocenters. The van der Waals surface area contributed by atoms with Gasteiger partial charge in [0.1, 0.15) is 0 Å². The molecule has 5 nitrogen and oxygen atoms in total. The summed E-state index contributed by atoms with van der Waals surface area (Å²) in [5.41, 5.74) is 3.39. The van der Waals surface area contributed by atoms with Gasteiger partial charge in [-0.15, -0.1) is 5.10 Å². The van der Waals surface area contributed by atoms with Gasteiger partial charge in [-0.1, -0.05) is 35.0 Å². The average molecular weight is 298 g/mol. The van der Waals surface area contributed by atoms with Gasteiger partial charge in [0.2, 0.25) is 5.91 Å². The van der Waals surface area contributed by atoms with Crippen LogP contribution in [0.5, 0.6) is 0 Å². The highest BCUT2D eigenvalue weighted by Gasteiger charge is 2.32. The number of amides is 1. The van der Waals surface area contributed by atoms with E-state index in [4.69, 9.17) is 0 Å². The first-order valence-electron chi connectivity index (χ1n) is 7.94. The summed E-state index contributed by atoms with van der Waals surface area (Å²) in [4.78, 5) is 12.0. The second-order valence-corrected chi connectivity index (χ2v) is 5.99. The Balaban J connectivity index is 1.78. The lowest BCUT2D eigenvalue weighted by Gasteiger charge is -2.14. The molecule has 116 valence electrons. The number of nitrogens with zero attached hydrogens (tertiary/aromatic N) is 3. The molecule has 22 heavy (non-hydrogen) atoms. The Morgan fingerprint density at radius 3 is 2.82 bits per heavy atom. The zero-order valence-corrected chi connectivity index (χ0v) is 13.1. The normalized spacial score (nSPS) is 21.0. The van der Waals surface area contributed by atoms with Crippen LogP contribution >= 0.6 is 0 Å². The molecule has 0 aliphatic heterocycles. The second-order valence-electron chi connectivity index (χ2n) is 5.99. The summed E-state index contributed by atoms with van der Waals surface area (Å²) in [6, 6.07) is 8.64. The number of carbonyl (C=O) groups is 1. The molecular formula is C17H22N4O. The van der Waals surface area contributed by atoms with Crippen LogP contribution in [0, 0.1) is 12.8 Å². The molecule has 1 N–H and O–H groups in total. The van der Waals surface area contributed by atoms with E-state index in [1.807, 2.05) is 17.8 Å². The number of aryl methyl sites for hydroxylation is 1. The lowest BCUT2D eigenvalue weighted by molar-refractivity contribution is -0.124. The first-order chi connectivity index (χ1) is 10.7. The van der Waals surface area contributed by atoms with Gasteiger partial charge in [0.05, 0.1) is 17.9 Å². The molecule has 3 rings (SSSR count). The van der Waals surface area contributed by atoms with Crippen molar-refractivity contribution in [1.29, 1.82) is 0 Å². The van der Waals surface area contributed by atoms with Crippen LogP contribution < -0.4 is 5.32 Å². The highest BCUT2D eigenvalue weighted by atomic mass is 16.1. The van der Waals surface area contributed by atoms with Gasteiger partial charge in [-0.25, -0.2) is 4.68 Å². The van der Waals surface area contributed by atoms with Gasteiger partial charge >= 0.3 is 0 Å². The first-order valence-corrected chi connectivity index (χ1v) is 7.94. The number of carbonyl (C=O) groups excluding carboxylic acids is 1. The number of rotatable bonds is 4. The van der Waals surface area contributed by atoms with Crippen molar-refractivity contribution in [3.63, 3.8) is 0 Å². The predicted molar refractivity (Wildman–Crippen MR) is 85.3 cm³/mol. The van der Waals surface area contributed by atoms with Crippen LogP contribution in [0.1, 0.15) is 37.8 Å². The van der Waals surface area contributed by atoms with E-state index in [0.29, 0.717) is 6.54 Å². The highest BCUT2D eigenvalue weighted by molar-refractivity contribution is 5.78. The van der Waals surface area contributed by atoms with Gasteiger partial charge < -0.3 is 5.32 Å². The van der Waals surface area contributed by atoms with Gasteiger partial charge in [-0.2, -0.15) is 0 Å². The maximum Gasteiger partial charge on any atom is 0.223 e.